The molecular formula is C30H29BrF3N5O3. The third-order valence-electron chi connectivity index (χ3n) is 7.39. The minimum Gasteiger partial charge on any atom is -0.355 e. The Morgan fingerprint density at radius 2 is 1.83 bits per heavy atom. The molecule has 2 aromatic heterocycles. The number of carbonyl (C=O) groups is 2. The highest BCUT2D eigenvalue weighted by molar-refractivity contribution is 9.10. The molecule has 1 aliphatic heterocycles. The summed E-state index contributed by atoms with van der Waals surface area (Å²) in [5.41, 5.74) is 1.18. The lowest BCUT2D eigenvalue weighted by Gasteiger charge is -2.35. The molecule has 0 saturated carbocycles. The molecule has 42 heavy (non-hydrogen) atoms. The van der Waals surface area contributed by atoms with Gasteiger partial charge in [-0.2, -0.15) is 18.3 Å². The van der Waals surface area contributed by atoms with E-state index < -0.39 is 23.7 Å². The quantitative estimate of drug-likeness (QED) is 0.315. The van der Waals surface area contributed by atoms with E-state index >= 15 is 0 Å². The molecule has 0 fully saturated rings. The van der Waals surface area contributed by atoms with Crippen LogP contribution in [-0.4, -0.2) is 44.0 Å². The number of fused-ring (bicyclic) bond motifs is 3. The maximum atomic E-state index is 14.2. The van der Waals surface area contributed by atoms with E-state index in [1.54, 1.807) is 31.2 Å². The van der Waals surface area contributed by atoms with Gasteiger partial charge in [0.15, 0.2) is 0 Å². The van der Waals surface area contributed by atoms with Crippen molar-refractivity contribution in [2.45, 2.75) is 52.4 Å². The number of alkyl halides is 3. The smallest absolute Gasteiger partial charge is 0.355 e. The maximum absolute atomic E-state index is 14.2. The number of hydrogen-bond donors (Lipinski definition) is 1. The summed E-state index contributed by atoms with van der Waals surface area (Å²) in [5, 5.41) is 7.04. The fraction of sp³-hybridized carbons (Fsp3) is 0.333. The maximum Gasteiger partial charge on any atom is 0.417 e. The van der Waals surface area contributed by atoms with E-state index in [0.717, 1.165) is 6.07 Å². The molecule has 0 unspecified atom stereocenters. The van der Waals surface area contributed by atoms with Gasteiger partial charge in [-0.25, -0.2) is 4.52 Å². The van der Waals surface area contributed by atoms with Gasteiger partial charge in [0.25, 0.3) is 17.4 Å². The Hall–Kier alpha value is -3.93. The lowest BCUT2D eigenvalue weighted by atomic mass is 9.97. The van der Waals surface area contributed by atoms with Crippen LogP contribution in [0.4, 0.5) is 13.2 Å². The first-order chi connectivity index (χ1) is 20.2. The Labute approximate surface area is 249 Å². The standard InChI is InChI=1S/C30H29BrF3N5O3/c1-16(2)11-20-14-36-39-25-15-37(28(41)19-7-10-24(31)23(13-19)30(32,33)34)17(3)12-22(25)29(42)38(27(20)39)21-8-5-18(6-9-21)26(40)35-4/h5-10,13-14,16-17H,11-12,15H2,1-4H3,(H,35,40)/t17-/m1/s1/i14D. The Kier molecular flexibility index (Phi) is 7.42. The number of hydrogen-bond acceptors (Lipinski definition) is 4. The summed E-state index contributed by atoms with van der Waals surface area (Å²) in [4.78, 5) is 41.3. The van der Waals surface area contributed by atoms with E-state index in [2.05, 4.69) is 26.3 Å². The summed E-state index contributed by atoms with van der Waals surface area (Å²) in [6.45, 7) is 5.62. The molecule has 1 atom stereocenters. The number of carbonyl (C=O) groups excluding carboxylic acids is 2. The van der Waals surface area contributed by atoms with E-state index in [-0.39, 0.29) is 46.6 Å². The van der Waals surface area contributed by atoms with Crippen molar-refractivity contribution in [3.8, 4) is 5.69 Å². The molecule has 0 radical (unpaired) electrons. The summed E-state index contributed by atoms with van der Waals surface area (Å²) < 4.78 is 52.2. The van der Waals surface area contributed by atoms with E-state index in [4.69, 9.17) is 1.37 Å². The number of amides is 2. The first-order valence-corrected chi connectivity index (χ1v) is 14.2. The predicted octanol–water partition coefficient (Wildman–Crippen LogP) is 5.41. The van der Waals surface area contributed by atoms with Gasteiger partial charge in [0.1, 0.15) is 5.65 Å². The summed E-state index contributed by atoms with van der Waals surface area (Å²) in [6, 6.07) is 9.35. The van der Waals surface area contributed by atoms with Crippen LogP contribution >= 0.6 is 15.9 Å². The van der Waals surface area contributed by atoms with Crippen molar-refractivity contribution in [2.24, 2.45) is 5.92 Å². The predicted molar refractivity (Wildman–Crippen MR) is 155 cm³/mol. The molecule has 1 N–H and O–H groups in total. The molecule has 5 rings (SSSR count). The zero-order chi connectivity index (χ0) is 31.4. The lowest BCUT2D eigenvalue weighted by Crippen LogP contribution is -2.46. The molecule has 3 heterocycles. The molecule has 0 bridgehead atoms. The molecule has 1 aliphatic rings. The van der Waals surface area contributed by atoms with Gasteiger partial charge in [-0.15, -0.1) is 0 Å². The molecule has 2 aromatic carbocycles. The molecule has 0 saturated heterocycles. The van der Waals surface area contributed by atoms with Gasteiger partial charge in [0, 0.05) is 39.8 Å². The van der Waals surface area contributed by atoms with Gasteiger partial charge in [-0.1, -0.05) is 29.8 Å². The van der Waals surface area contributed by atoms with E-state index in [9.17, 15) is 27.6 Å². The average molecular weight is 645 g/mol. The van der Waals surface area contributed by atoms with Crippen LogP contribution in [0.15, 0.2) is 57.9 Å². The first-order valence-electron chi connectivity index (χ1n) is 13.9. The zero-order valence-corrected chi connectivity index (χ0v) is 24.9. The van der Waals surface area contributed by atoms with Gasteiger partial charge in [0.2, 0.25) is 0 Å². The fourth-order valence-electron chi connectivity index (χ4n) is 5.33. The average Bonchev–Trinajstić information content (AvgIpc) is 3.26. The number of aromatic nitrogens is 3. The van der Waals surface area contributed by atoms with Crippen LogP contribution in [0, 0.1) is 5.92 Å². The van der Waals surface area contributed by atoms with Crippen LogP contribution in [0.5, 0.6) is 0 Å². The number of rotatable bonds is 5. The Bertz CT molecular complexity index is 1820. The summed E-state index contributed by atoms with van der Waals surface area (Å²) in [7, 11) is 1.52. The normalized spacial score (nSPS) is 15.6. The Balaban J connectivity index is 1.68. The molecule has 2 amide bonds. The SMILES string of the molecule is [2H]c1nn2c3c(c(=O)n(-c4ccc(C(=O)NC)cc4)c2c1CC(C)C)C[C@@H](C)N(C(=O)c1ccc(Br)c(C(F)(F)F)c1)C3. The molecular weight excluding hydrogens is 615 g/mol. The lowest BCUT2D eigenvalue weighted by molar-refractivity contribution is -0.138. The molecule has 8 nitrogen and oxygen atoms in total. The second-order valence-electron chi connectivity index (χ2n) is 10.8. The van der Waals surface area contributed by atoms with Crippen molar-refractivity contribution in [1.29, 1.82) is 0 Å². The zero-order valence-electron chi connectivity index (χ0n) is 24.3. The monoisotopic (exact) mass is 644 g/mol. The summed E-state index contributed by atoms with van der Waals surface area (Å²) in [6.07, 6.45) is -4.09. The van der Waals surface area contributed by atoms with E-state index in [1.165, 1.54) is 33.2 Å². The first kappa shape index (κ1) is 28.2. The fourth-order valence-corrected chi connectivity index (χ4v) is 5.80. The molecule has 4 aromatic rings. The van der Waals surface area contributed by atoms with Crippen molar-refractivity contribution in [3.05, 3.63) is 97.0 Å². The van der Waals surface area contributed by atoms with Crippen molar-refractivity contribution >= 4 is 33.4 Å². The van der Waals surface area contributed by atoms with Crippen molar-refractivity contribution in [2.75, 3.05) is 7.05 Å². The van der Waals surface area contributed by atoms with Crippen LogP contribution < -0.4 is 10.9 Å². The Morgan fingerprint density at radius 1 is 1.17 bits per heavy atom. The van der Waals surface area contributed by atoms with Crippen molar-refractivity contribution in [1.82, 2.24) is 24.4 Å². The van der Waals surface area contributed by atoms with Crippen molar-refractivity contribution in [3.63, 3.8) is 0 Å². The van der Waals surface area contributed by atoms with Crippen LogP contribution in [0.25, 0.3) is 11.3 Å². The van der Waals surface area contributed by atoms with Gasteiger partial charge < -0.3 is 10.2 Å². The number of nitrogens with zero attached hydrogens (tertiary/aromatic N) is 4. The van der Waals surface area contributed by atoms with Crippen LogP contribution in [0.2, 0.25) is 0 Å². The minimum atomic E-state index is -4.66. The highest BCUT2D eigenvalue weighted by atomic mass is 79.9. The van der Waals surface area contributed by atoms with Crippen LogP contribution in [0.3, 0.4) is 0 Å². The summed E-state index contributed by atoms with van der Waals surface area (Å²) >= 11 is 2.92. The molecule has 220 valence electrons. The van der Waals surface area contributed by atoms with Crippen molar-refractivity contribution < 1.29 is 24.1 Å². The largest absolute Gasteiger partial charge is 0.417 e. The summed E-state index contributed by atoms with van der Waals surface area (Å²) in [5.74, 6) is -0.760. The molecule has 12 heteroatoms. The topological polar surface area (TPSA) is 88.7 Å². The van der Waals surface area contributed by atoms with Crippen LogP contribution in [0.1, 0.15) is 65.2 Å². The van der Waals surface area contributed by atoms with Gasteiger partial charge in [0.05, 0.1) is 31.0 Å². The number of nitrogens with one attached hydrogen (secondary N) is 1. The third kappa shape index (κ3) is 5.23. The highest BCUT2D eigenvalue weighted by Gasteiger charge is 2.36. The van der Waals surface area contributed by atoms with E-state index in [1.807, 2.05) is 13.8 Å². The molecule has 0 spiro atoms. The van der Waals surface area contributed by atoms with Gasteiger partial charge >= 0.3 is 6.18 Å². The van der Waals surface area contributed by atoms with Gasteiger partial charge in [-0.05, 0) is 68.1 Å². The number of halogens is 4. The van der Waals surface area contributed by atoms with Crippen LogP contribution in [-0.2, 0) is 25.6 Å². The number of benzene rings is 2. The second-order valence-corrected chi connectivity index (χ2v) is 11.6. The highest BCUT2D eigenvalue weighted by Crippen LogP contribution is 2.36. The minimum absolute atomic E-state index is 0.0172. The van der Waals surface area contributed by atoms with E-state index in [0.29, 0.717) is 40.1 Å². The van der Waals surface area contributed by atoms with Gasteiger partial charge in [-0.3, -0.25) is 19.0 Å². The third-order valence-corrected chi connectivity index (χ3v) is 8.08. The molecule has 0 aliphatic carbocycles. The Morgan fingerprint density at radius 3 is 2.45 bits per heavy atom. The second kappa shape index (κ2) is 11.0.